The van der Waals surface area contributed by atoms with Crippen molar-refractivity contribution in [2.75, 3.05) is 32.5 Å². The Labute approximate surface area is 165 Å². The maximum absolute atomic E-state index is 12.4. The zero-order chi connectivity index (χ0) is 21.1. The number of aryl methyl sites for hydroxylation is 1. The van der Waals surface area contributed by atoms with Gasteiger partial charge in [-0.3, -0.25) is 9.59 Å². The van der Waals surface area contributed by atoms with Gasteiger partial charge in [-0.1, -0.05) is 18.2 Å². The number of hydrogen-bond donors (Lipinski definition) is 1. The lowest BCUT2D eigenvalue weighted by molar-refractivity contribution is -0.132. The number of likely N-dealkylation sites (tertiary alicyclic amines) is 1. The maximum atomic E-state index is 12.4. The van der Waals surface area contributed by atoms with Crippen LogP contribution < -0.4 is 5.32 Å². The van der Waals surface area contributed by atoms with Gasteiger partial charge in [0.2, 0.25) is 11.8 Å². The van der Waals surface area contributed by atoms with Crippen LogP contribution in [0.25, 0.3) is 0 Å². The molecule has 1 aromatic carbocycles. The number of aldehydes is 2. The molecule has 1 heterocycles. The minimum Gasteiger partial charge on any atom is -0.326 e. The summed E-state index contributed by atoms with van der Waals surface area (Å²) in [5.74, 6) is -0.613. The van der Waals surface area contributed by atoms with Gasteiger partial charge in [0.25, 0.3) is 0 Å². The zero-order valence-corrected chi connectivity index (χ0v) is 16.4. The number of nitrogens with one attached hydrogen (secondary N) is 1. The molecule has 2 atom stereocenters. The van der Waals surface area contributed by atoms with Gasteiger partial charge in [-0.15, -0.1) is 0 Å². The van der Waals surface area contributed by atoms with Crippen LogP contribution >= 0.6 is 0 Å². The monoisotopic (exact) mass is 386 g/mol. The molecule has 0 radical (unpaired) electrons. The normalized spacial score (nSPS) is 17.9. The standard InChI is InChI=1S/C17H22N4O2.C3H4O2/c1-12-6-4-5-7-15(12)19-17(23)13-8-14(9-18)21(10-13)16(22)11-20(2)3;4-2-1-3-5/h4-7,13-14H,8,10-11H2,1-3H3,(H,19,23);2-3H,1H2. The summed E-state index contributed by atoms with van der Waals surface area (Å²) in [6, 6.07) is 9.15. The highest BCUT2D eigenvalue weighted by molar-refractivity contribution is 5.94. The van der Waals surface area contributed by atoms with Crippen LogP contribution in [0.4, 0.5) is 5.69 Å². The summed E-state index contributed by atoms with van der Waals surface area (Å²) in [7, 11) is 3.61. The molecule has 2 amide bonds. The molecule has 1 aliphatic heterocycles. The SMILES string of the molecule is Cc1ccccc1NC(=O)C1CC(C#N)N(C(=O)CN(C)C)C1.O=CCC=O. The average Bonchev–Trinajstić information content (AvgIpc) is 3.09. The van der Waals surface area contributed by atoms with E-state index in [1.54, 1.807) is 19.0 Å². The third-order valence-corrected chi connectivity index (χ3v) is 4.19. The van der Waals surface area contributed by atoms with Crippen molar-refractivity contribution in [1.82, 2.24) is 9.80 Å². The number of para-hydroxylation sites is 1. The number of benzene rings is 1. The molecule has 0 bridgehead atoms. The molecule has 0 aliphatic carbocycles. The molecule has 1 saturated heterocycles. The number of nitriles is 1. The second kappa shape index (κ2) is 11.6. The van der Waals surface area contributed by atoms with Gasteiger partial charge in [0.05, 0.1) is 25.0 Å². The van der Waals surface area contributed by atoms with Gasteiger partial charge in [0.1, 0.15) is 18.6 Å². The molecule has 2 unspecified atom stereocenters. The fourth-order valence-corrected chi connectivity index (χ4v) is 2.77. The van der Waals surface area contributed by atoms with Gasteiger partial charge in [-0.05, 0) is 39.1 Å². The molecule has 1 N–H and O–H groups in total. The number of rotatable bonds is 6. The summed E-state index contributed by atoms with van der Waals surface area (Å²) in [6.07, 6.45) is 1.54. The van der Waals surface area contributed by atoms with E-state index in [-0.39, 0.29) is 30.7 Å². The average molecular weight is 386 g/mol. The van der Waals surface area contributed by atoms with Crippen molar-refractivity contribution in [2.45, 2.75) is 25.8 Å². The Kier molecular flexibility index (Phi) is 9.54. The second-order valence-electron chi connectivity index (χ2n) is 6.73. The van der Waals surface area contributed by atoms with Gasteiger partial charge in [0, 0.05) is 12.2 Å². The van der Waals surface area contributed by atoms with Gasteiger partial charge in [0.15, 0.2) is 0 Å². The van der Waals surface area contributed by atoms with Gasteiger partial charge in [-0.2, -0.15) is 5.26 Å². The van der Waals surface area contributed by atoms with E-state index >= 15 is 0 Å². The van der Waals surface area contributed by atoms with Gasteiger partial charge < -0.3 is 24.7 Å². The topological polar surface area (TPSA) is 111 Å². The highest BCUT2D eigenvalue weighted by atomic mass is 16.2. The summed E-state index contributed by atoms with van der Waals surface area (Å²) in [6.45, 7) is 2.46. The predicted octanol–water partition coefficient (Wildman–Crippen LogP) is 1.01. The minimum absolute atomic E-state index is 0.0278. The highest BCUT2D eigenvalue weighted by Gasteiger charge is 2.38. The summed E-state index contributed by atoms with van der Waals surface area (Å²) in [5.41, 5.74) is 1.75. The molecule has 2 rings (SSSR count). The van der Waals surface area contributed by atoms with E-state index in [0.29, 0.717) is 25.5 Å². The molecule has 0 spiro atoms. The number of likely N-dealkylation sites (N-methyl/N-ethyl adjacent to an activating group) is 1. The van der Waals surface area contributed by atoms with E-state index in [4.69, 9.17) is 0 Å². The zero-order valence-electron chi connectivity index (χ0n) is 16.4. The van der Waals surface area contributed by atoms with Gasteiger partial charge in [-0.25, -0.2) is 0 Å². The summed E-state index contributed by atoms with van der Waals surface area (Å²) >= 11 is 0. The lowest BCUT2D eigenvalue weighted by atomic mass is 10.0. The van der Waals surface area contributed by atoms with Crippen molar-refractivity contribution in [3.8, 4) is 6.07 Å². The highest BCUT2D eigenvalue weighted by Crippen LogP contribution is 2.25. The summed E-state index contributed by atoms with van der Waals surface area (Å²) < 4.78 is 0. The van der Waals surface area contributed by atoms with Crippen LogP contribution in [0.5, 0.6) is 0 Å². The second-order valence-corrected chi connectivity index (χ2v) is 6.73. The largest absolute Gasteiger partial charge is 0.326 e. The van der Waals surface area contributed by atoms with E-state index in [1.807, 2.05) is 31.2 Å². The van der Waals surface area contributed by atoms with Crippen LogP contribution in [0.15, 0.2) is 24.3 Å². The molecule has 1 aliphatic rings. The smallest absolute Gasteiger partial charge is 0.237 e. The van der Waals surface area contributed by atoms with E-state index in [0.717, 1.165) is 11.3 Å². The lowest BCUT2D eigenvalue weighted by Crippen LogP contribution is -2.40. The Morgan fingerprint density at radius 2 is 1.93 bits per heavy atom. The van der Waals surface area contributed by atoms with Crippen molar-refractivity contribution in [1.29, 1.82) is 5.26 Å². The molecule has 8 heteroatoms. The molecule has 28 heavy (non-hydrogen) atoms. The Balaban J connectivity index is 0.000000696. The molecule has 0 aromatic heterocycles. The van der Waals surface area contributed by atoms with Crippen LogP contribution in [0.2, 0.25) is 0 Å². The van der Waals surface area contributed by atoms with Crippen LogP contribution in [0.1, 0.15) is 18.4 Å². The van der Waals surface area contributed by atoms with Crippen molar-refractivity contribution >= 4 is 30.1 Å². The molecule has 8 nitrogen and oxygen atoms in total. The number of amides is 2. The molecule has 1 aromatic rings. The number of hydrogen-bond acceptors (Lipinski definition) is 6. The fourth-order valence-electron chi connectivity index (χ4n) is 2.77. The number of nitrogens with zero attached hydrogens (tertiary/aromatic N) is 3. The Hall–Kier alpha value is -3.05. The van der Waals surface area contributed by atoms with Crippen molar-refractivity contribution in [3.63, 3.8) is 0 Å². The van der Waals surface area contributed by atoms with E-state index in [9.17, 15) is 24.4 Å². The first-order valence-corrected chi connectivity index (χ1v) is 8.91. The minimum atomic E-state index is -0.532. The van der Waals surface area contributed by atoms with Crippen LogP contribution in [-0.4, -0.2) is 67.4 Å². The lowest BCUT2D eigenvalue weighted by Gasteiger charge is -2.21. The first-order valence-electron chi connectivity index (χ1n) is 8.91. The van der Waals surface area contributed by atoms with Crippen molar-refractivity contribution in [3.05, 3.63) is 29.8 Å². The van der Waals surface area contributed by atoms with E-state index in [1.165, 1.54) is 4.90 Å². The van der Waals surface area contributed by atoms with Gasteiger partial charge >= 0.3 is 0 Å². The quantitative estimate of drug-likeness (QED) is 0.577. The van der Waals surface area contributed by atoms with Crippen LogP contribution in [0.3, 0.4) is 0 Å². The van der Waals surface area contributed by atoms with E-state index < -0.39 is 6.04 Å². The van der Waals surface area contributed by atoms with Crippen molar-refractivity contribution in [2.24, 2.45) is 5.92 Å². The number of anilines is 1. The molecule has 0 saturated carbocycles. The Bertz CT molecular complexity index is 736. The third kappa shape index (κ3) is 6.93. The van der Waals surface area contributed by atoms with Crippen LogP contribution in [0, 0.1) is 24.2 Å². The molecule has 1 fully saturated rings. The molecule has 150 valence electrons. The first-order chi connectivity index (χ1) is 13.3. The maximum Gasteiger partial charge on any atom is 0.237 e. The Morgan fingerprint density at radius 3 is 2.43 bits per heavy atom. The fraction of sp³-hybridized carbons (Fsp3) is 0.450. The Morgan fingerprint density at radius 1 is 1.29 bits per heavy atom. The summed E-state index contributed by atoms with van der Waals surface area (Å²) in [4.78, 5) is 46.3. The predicted molar refractivity (Wildman–Crippen MR) is 104 cm³/mol. The van der Waals surface area contributed by atoms with Crippen LogP contribution in [-0.2, 0) is 19.2 Å². The third-order valence-electron chi connectivity index (χ3n) is 4.19. The first kappa shape index (κ1) is 23.0. The van der Waals surface area contributed by atoms with E-state index in [2.05, 4.69) is 11.4 Å². The number of carbonyl (C=O) groups is 4. The van der Waals surface area contributed by atoms with Crippen molar-refractivity contribution < 1.29 is 19.2 Å². The molecular formula is C20H26N4O4. The molecular weight excluding hydrogens is 360 g/mol. The summed E-state index contributed by atoms with van der Waals surface area (Å²) in [5, 5.41) is 12.2. The number of carbonyl (C=O) groups excluding carboxylic acids is 4.